The van der Waals surface area contributed by atoms with Gasteiger partial charge in [0.1, 0.15) is 5.78 Å². The zero-order chi connectivity index (χ0) is 7.90. The molecule has 2 saturated carbocycles. The van der Waals surface area contributed by atoms with Gasteiger partial charge in [-0.3, -0.25) is 4.79 Å². The second-order valence-corrected chi connectivity index (χ2v) is 4.22. The number of hydrogen-bond donors (Lipinski definition) is 0. The van der Waals surface area contributed by atoms with Gasteiger partial charge in [-0.05, 0) is 30.6 Å². The fourth-order valence-corrected chi connectivity index (χ4v) is 3.09. The molecule has 2 aliphatic rings. The van der Waals surface area contributed by atoms with Crippen LogP contribution in [0.25, 0.3) is 0 Å². The summed E-state index contributed by atoms with van der Waals surface area (Å²) in [5, 5.41) is 0. The highest BCUT2D eigenvalue weighted by molar-refractivity contribution is 5.82. The molecule has 0 N–H and O–H groups in total. The predicted molar refractivity (Wildman–Crippen MR) is 44.3 cm³/mol. The first-order valence-corrected chi connectivity index (χ1v) is 4.78. The van der Waals surface area contributed by atoms with Gasteiger partial charge in [0.05, 0.1) is 0 Å². The molecule has 0 amide bonds. The monoisotopic (exact) mass is 152 g/mol. The van der Waals surface area contributed by atoms with Crippen LogP contribution in [0, 0.1) is 11.3 Å². The number of carbonyl (C=O) groups excluding carboxylic acids is 1. The first-order chi connectivity index (χ1) is 5.27. The van der Waals surface area contributed by atoms with Crippen molar-refractivity contribution in [3.05, 3.63) is 0 Å². The molecule has 0 aliphatic heterocycles. The van der Waals surface area contributed by atoms with Crippen molar-refractivity contribution in [3.8, 4) is 0 Å². The van der Waals surface area contributed by atoms with E-state index < -0.39 is 0 Å². The van der Waals surface area contributed by atoms with Crippen LogP contribution in [0.3, 0.4) is 0 Å². The Kier molecular flexibility index (Phi) is 1.55. The molecule has 2 fully saturated rings. The Morgan fingerprint density at radius 1 is 1.64 bits per heavy atom. The molecule has 0 bridgehead atoms. The lowest BCUT2D eigenvalue weighted by molar-refractivity contribution is -0.118. The van der Waals surface area contributed by atoms with Crippen LogP contribution in [0.5, 0.6) is 0 Å². The fourth-order valence-electron chi connectivity index (χ4n) is 3.09. The van der Waals surface area contributed by atoms with Gasteiger partial charge in [-0.25, -0.2) is 0 Å². The first-order valence-electron chi connectivity index (χ1n) is 4.78. The Hall–Kier alpha value is -0.330. The van der Waals surface area contributed by atoms with Crippen molar-refractivity contribution in [2.24, 2.45) is 11.3 Å². The molecule has 2 rings (SSSR count). The van der Waals surface area contributed by atoms with Crippen LogP contribution < -0.4 is 0 Å². The number of ketones is 1. The van der Waals surface area contributed by atoms with Gasteiger partial charge in [0, 0.05) is 12.8 Å². The zero-order valence-electron chi connectivity index (χ0n) is 7.23. The number of carbonyl (C=O) groups is 1. The molecule has 2 aliphatic carbocycles. The van der Waals surface area contributed by atoms with Crippen LogP contribution in [0.2, 0.25) is 0 Å². The summed E-state index contributed by atoms with van der Waals surface area (Å²) in [6.07, 6.45) is 7.02. The molecule has 1 heteroatoms. The van der Waals surface area contributed by atoms with E-state index in [9.17, 15) is 4.79 Å². The molecule has 0 heterocycles. The maximum Gasteiger partial charge on any atom is 0.133 e. The molecule has 62 valence electrons. The van der Waals surface area contributed by atoms with Crippen LogP contribution in [-0.2, 0) is 4.79 Å². The molecular formula is C10H16O. The number of Topliss-reactive ketones (excluding diaryl/α,β-unsaturated/α-hetero) is 1. The summed E-state index contributed by atoms with van der Waals surface area (Å²) < 4.78 is 0. The van der Waals surface area contributed by atoms with E-state index in [1.54, 1.807) is 0 Å². The van der Waals surface area contributed by atoms with E-state index in [0.29, 0.717) is 11.2 Å². The van der Waals surface area contributed by atoms with Crippen molar-refractivity contribution < 1.29 is 4.79 Å². The summed E-state index contributed by atoms with van der Waals surface area (Å²) in [6.45, 7) is 2.25. The third-order valence-corrected chi connectivity index (χ3v) is 3.82. The summed E-state index contributed by atoms with van der Waals surface area (Å²) in [4.78, 5) is 11.2. The smallest absolute Gasteiger partial charge is 0.133 e. The van der Waals surface area contributed by atoms with Crippen molar-refractivity contribution in [2.75, 3.05) is 0 Å². The van der Waals surface area contributed by atoms with Crippen LogP contribution in [0.15, 0.2) is 0 Å². The normalized spacial score (nSPS) is 43.0. The molecule has 11 heavy (non-hydrogen) atoms. The molecule has 2 unspecified atom stereocenters. The van der Waals surface area contributed by atoms with E-state index in [0.717, 1.165) is 18.8 Å². The highest BCUT2D eigenvalue weighted by atomic mass is 16.1. The zero-order valence-corrected chi connectivity index (χ0v) is 7.23. The molecular weight excluding hydrogens is 136 g/mol. The van der Waals surface area contributed by atoms with Gasteiger partial charge in [-0.15, -0.1) is 0 Å². The topological polar surface area (TPSA) is 17.1 Å². The molecule has 1 nitrogen and oxygen atoms in total. The van der Waals surface area contributed by atoms with E-state index >= 15 is 0 Å². The van der Waals surface area contributed by atoms with Crippen molar-refractivity contribution in [3.63, 3.8) is 0 Å². The SMILES string of the molecule is CCC12CCCC1CC(=O)C2. The van der Waals surface area contributed by atoms with Gasteiger partial charge < -0.3 is 0 Å². The molecule has 2 atom stereocenters. The van der Waals surface area contributed by atoms with Gasteiger partial charge in [-0.2, -0.15) is 0 Å². The summed E-state index contributed by atoms with van der Waals surface area (Å²) in [7, 11) is 0. The summed E-state index contributed by atoms with van der Waals surface area (Å²) in [6, 6.07) is 0. The maximum atomic E-state index is 11.2. The minimum atomic E-state index is 0.469. The Bertz CT molecular complexity index is 185. The van der Waals surface area contributed by atoms with E-state index in [1.165, 1.54) is 25.7 Å². The lowest BCUT2D eigenvalue weighted by Crippen LogP contribution is -2.18. The number of hydrogen-bond acceptors (Lipinski definition) is 1. The molecule has 0 spiro atoms. The Morgan fingerprint density at radius 3 is 3.09 bits per heavy atom. The van der Waals surface area contributed by atoms with Crippen LogP contribution >= 0.6 is 0 Å². The fraction of sp³-hybridized carbons (Fsp3) is 0.900. The molecule has 0 aromatic carbocycles. The van der Waals surface area contributed by atoms with Crippen molar-refractivity contribution in [1.82, 2.24) is 0 Å². The van der Waals surface area contributed by atoms with Crippen LogP contribution in [0.4, 0.5) is 0 Å². The average Bonchev–Trinajstić information content (AvgIpc) is 2.43. The first kappa shape index (κ1) is 7.33. The largest absolute Gasteiger partial charge is 0.300 e. The van der Waals surface area contributed by atoms with E-state index in [2.05, 4.69) is 6.92 Å². The molecule has 0 radical (unpaired) electrons. The van der Waals surface area contributed by atoms with Crippen molar-refractivity contribution in [1.29, 1.82) is 0 Å². The second-order valence-electron chi connectivity index (χ2n) is 4.22. The molecule has 0 aromatic heterocycles. The van der Waals surface area contributed by atoms with Gasteiger partial charge in [0.15, 0.2) is 0 Å². The van der Waals surface area contributed by atoms with Gasteiger partial charge >= 0.3 is 0 Å². The Balaban J connectivity index is 2.21. The Labute approximate surface area is 68.2 Å². The third-order valence-electron chi connectivity index (χ3n) is 3.82. The highest BCUT2D eigenvalue weighted by Gasteiger charge is 2.47. The molecule has 0 saturated heterocycles. The third kappa shape index (κ3) is 0.935. The summed E-state index contributed by atoms with van der Waals surface area (Å²) in [5.41, 5.74) is 0.469. The van der Waals surface area contributed by atoms with Gasteiger partial charge in [-0.1, -0.05) is 13.3 Å². The van der Waals surface area contributed by atoms with Crippen LogP contribution in [-0.4, -0.2) is 5.78 Å². The van der Waals surface area contributed by atoms with Crippen molar-refractivity contribution in [2.45, 2.75) is 45.4 Å². The summed E-state index contributed by atoms with van der Waals surface area (Å²) >= 11 is 0. The lowest BCUT2D eigenvalue weighted by Gasteiger charge is -2.26. The maximum absolute atomic E-state index is 11.2. The second kappa shape index (κ2) is 2.33. The van der Waals surface area contributed by atoms with Crippen LogP contribution in [0.1, 0.15) is 45.4 Å². The van der Waals surface area contributed by atoms with E-state index in [-0.39, 0.29) is 0 Å². The summed E-state index contributed by atoms with van der Waals surface area (Å²) in [5.74, 6) is 1.29. The van der Waals surface area contributed by atoms with Crippen molar-refractivity contribution >= 4 is 5.78 Å². The number of fused-ring (bicyclic) bond motifs is 1. The van der Waals surface area contributed by atoms with Gasteiger partial charge in [0.25, 0.3) is 0 Å². The molecule has 0 aromatic rings. The highest BCUT2D eigenvalue weighted by Crippen LogP contribution is 2.54. The Morgan fingerprint density at radius 2 is 2.45 bits per heavy atom. The van der Waals surface area contributed by atoms with E-state index in [1.807, 2.05) is 0 Å². The average molecular weight is 152 g/mol. The minimum Gasteiger partial charge on any atom is -0.300 e. The van der Waals surface area contributed by atoms with E-state index in [4.69, 9.17) is 0 Å². The quantitative estimate of drug-likeness (QED) is 0.564. The number of rotatable bonds is 1. The standard InChI is InChI=1S/C10H16O/c1-2-10-5-3-4-8(10)6-9(11)7-10/h8H,2-7H2,1H3. The van der Waals surface area contributed by atoms with Gasteiger partial charge in [0.2, 0.25) is 0 Å². The predicted octanol–water partition coefficient (Wildman–Crippen LogP) is 2.55. The lowest BCUT2D eigenvalue weighted by atomic mass is 9.78. The minimum absolute atomic E-state index is 0.469.